The van der Waals surface area contributed by atoms with Crippen LogP contribution in [0.25, 0.3) is 0 Å². The van der Waals surface area contributed by atoms with Crippen LogP contribution in [0.3, 0.4) is 0 Å². The van der Waals surface area contributed by atoms with E-state index >= 15 is 0 Å². The lowest BCUT2D eigenvalue weighted by Gasteiger charge is -2.27. The fourth-order valence-corrected chi connectivity index (χ4v) is 2.22. The van der Waals surface area contributed by atoms with Crippen molar-refractivity contribution in [3.63, 3.8) is 0 Å². The number of allylic oxidation sites excluding steroid dienone is 1. The monoisotopic (exact) mass is 251 g/mol. The standard InChI is InChI=1S/C15H22ClN/c1-11(2)9-14(17)10-15(3,4)12-5-7-13(16)8-6-12/h5-9,14H,10,17H2,1-4H3. The van der Waals surface area contributed by atoms with E-state index in [0.29, 0.717) is 0 Å². The summed E-state index contributed by atoms with van der Waals surface area (Å²) in [5, 5.41) is 0.776. The van der Waals surface area contributed by atoms with Gasteiger partial charge in [-0.3, -0.25) is 0 Å². The summed E-state index contributed by atoms with van der Waals surface area (Å²) in [7, 11) is 0. The summed E-state index contributed by atoms with van der Waals surface area (Å²) in [5.74, 6) is 0. The van der Waals surface area contributed by atoms with Crippen molar-refractivity contribution >= 4 is 11.6 Å². The summed E-state index contributed by atoms with van der Waals surface area (Å²) < 4.78 is 0. The van der Waals surface area contributed by atoms with Gasteiger partial charge >= 0.3 is 0 Å². The minimum absolute atomic E-state index is 0.0654. The molecule has 1 nitrogen and oxygen atoms in total. The first-order chi connectivity index (χ1) is 7.81. The first kappa shape index (κ1) is 14.3. The molecule has 2 heteroatoms. The van der Waals surface area contributed by atoms with Crippen molar-refractivity contribution in [2.24, 2.45) is 5.73 Å². The van der Waals surface area contributed by atoms with Crippen LogP contribution in [0.15, 0.2) is 35.9 Å². The van der Waals surface area contributed by atoms with Crippen LogP contribution >= 0.6 is 11.6 Å². The Morgan fingerprint density at radius 1 is 1.29 bits per heavy atom. The Bertz CT molecular complexity index is 386. The van der Waals surface area contributed by atoms with Gasteiger partial charge in [-0.2, -0.15) is 0 Å². The summed E-state index contributed by atoms with van der Waals surface area (Å²) in [6, 6.07) is 8.14. The quantitative estimate of drug-likeness (QED) is 0.794. The Morgan fingerprint density at radius 3 is 2.29 bits per heavy atom. The van der Waals surface area contributed by atoms with Gasteiger partial charge < -0.3 is 5.73 Å². The molecule has 94 valence electrons. The third-order valence-corrected chi connectivity index (χ3v) is 3.17. The number of halogens is 1. The molecule has 0 fully saturated rings. The second kappa shape index (κ2) is 5.70. The normalized spacial score (nSPS) is 13.3. The zero-order valence-electron chi connectivity index (χ0n) is 11.1. The third kappa shape index (κ3) is 4.53. The maximum Gasteiger partial charge on any atom is 0.0406 e. The lowest BCUT2D eigenvalue weighted by molar-refractivity contribution is 0.454. The van der Waals surface area contributed by atoms with Gasteiger partial charge in [0.1, 0.15) is 0 Å². The Balaban J connectivity index is 2.81. The van der Waals surface area contributed by atoms with Gasteiger partial charge in [-0.25, -0.2) is 0 Å². The first-order valence-corrected chi connectivity index (χ1v) is 6.36. The van der Waals surface area contributed by atoms with E-state index in [9.17, 15) is 0 Å². The lowest BCUT2D eigenvalue weighted by Crippen LogP contribution is -2.29. The summed E-state index contributed by atoms with van der Waals surface area (Å²) in [5.41, 5.74) is 8.74. The van der Waals surface area contributed by atoms with Crippen LogP contribution in [-0.2, 0) is 5.41 Å². The van der Waals surface area contributed by atoms with Gasteiger partial charge in [-0.15, -0.1) is 0 Å². The van der Waals surface area contributed by atoms with E-state index in [4.69, 9.17) is 17.3 Å². The Kier molecular flexibility index (Phi) is 4.79. The fraction of sp³-hybridized carbons (Fsp3) is 0.467. The molecular formula is C15H22ClN. The highest BCUT2D eigenvalue weighted by atomic mass is 35.5. The number of nitrogens with two attached hydrogens (primary N) is 1. The summed E-state index contributed by atoms with van der Waals surface area (Å²) in [4.78, 5) is 0. The molecule has 0 amide bonds. The molecule has 2 N–H and O–H groups in total. The molecular weight excluding hydrogens is 230 g/mol. The molecule has 1 rings (SSSR count). The maximum atomic E-state index is 6.13. The SMILES string of the molecule is CC(C)=CC(N)CC(C)(C)c1ccc(Cl)cc1. The molecule has 0 saturated carbocycles. The third-order valence-electron chi connectivity index (χ3n) is 2.92. The van der Waals surface area contributed by atoms with Gasteiger partial charge in [0.2, 0.25) is 0 Å². The van der Waals surface area contributed by atoms with Crippen LogP contribution in [0, 0.1) is 0 Å². The summed E-state index contributed by atoms with van der Waals surface area (Å²) >= 11 is 5.90. The largest absolute Gasteiger partial charge is 0.324 e. The second-order valence-corrected chi connectivity index (χ2v) is 5.94. The highest BCUT2D eigenvalue weighted by Crippen LogP contribution is 2.29. The van der Waals surface area contributed by atoms with E-state index in [1.807, 2.05) is 12.1 Å². The first-order valence-electron chi connectivity index (χ1n) is 5.98. The van der Waals surface area contributed by atoms with Gasteiger partial charge in [-0.05, 0) is 43.4 Å². The lowest BCUT2D eigenvalue weighted by atomic mass is 9.79. The molecule has 1 atom stereocenters. The van der Waals surface area contributed by atoms with Crippen LogP contribution in [0.2, 0.25) is 5.02 Å². The van der Waals surface area contributed by atoms with Crippen LogP contribution in [0.5, 0.6) is 0 Å². The van der Waals surface area contributed by atoms with Crippen molar-refractivity contribution in [3.05, 3.63) is 46.5 Å². The Labute approximate surface area is 110 Å². The van der Waals surface area contributed by atoms with Gasteiger partial charge in [0.15, 0.2) is 0 Å². The van der Waals surface area contributed by atoms with E-state index in [-0.39, 0.29) is 11.5 Å². The van der Waals surface area contributed by atoms with Crippen molar-refractivity contribution < 1.29 is 0 Å². The van der Waals surface area contributed by atoms with E-state index in [1.165, 1.54) is 11.1 Å². The second-order valence-electron chi connectivity index (χ2n) is 5.50. The number of benzene rings is 1. The van der Waals surface area contributed by atoms with E-state index < -0.39 is 0 Å². The van der Waals surface area contributed by atoms with Crippen LogP contribution < -0.4 is 5.73 Å². The smallest absolute Gasteiger partial charge is 0.0406 e. The highest BCUT2D eigenvalue weighted by Gasteiger charge is 2.22. The van der Waals surface area contributed by atoms with E-state index in [0.717, 1.165) is 11.4 Å². The average molecular weight is 252 g/mol. The predicted molar refractivity (Wildman–Crippen MR) is 76.5 cm³/mol. The summed E-state index contributed by atoms with van der Waals surface area (Å²) in [6.45, 7) is 8.59. The number of rotatable bonds is 4. The summed E-state index contributed by atoms with van der Waals surface area (Å²) in [6.07, 6.45) is 3.05. The van der Waals surface area contributed by atoms with Crippen molar-refractivity contribution in [2.45, 2.75) is 45.6 Å². The molecule has 0 aliphatic rings. The zero-order chi connectivity index (χ0) is 13.1. The maximum absolute atomic E-state index is 6.13. The van der Waals surface area contributed by atoms with Crippen molar-refractivity contribution in [2.75, 3.05) is 0 Å². The molecule has 0 saturated heterocycles. The molecule has 0 aliphatic heterocycles. The minimum Gasteiger partial charge on any atom is -0.324 e. The highest BCUT2D eigenvalue weighted by molar-refractivity contribution is 6.30. The van der Waals surface area contributed by atoms with Gasteiger partial charge in [0.05, 0.1) is 0 Å². The fourth-order valence-electron chi connectivity index (χ4n) is 2.10. The molecule has 0 aliphatic carbocycles. The Morgan fingerprint density at radius 2 is 1.82 bits per heavy atom. The molecule has 1 unspecified atom stereocenters. The topological polar surface area (TPSA) is 26.0 Å². The molecule has 0 aromatic heterocycles. The zero-order valence-corrected chi connectivity index (χ0v) is 11.9. The van der Waals surface area contributed by atoms with Gasteiger partial charge in [-0.1, -0.05) is 49.2 Å². The Hall–Kier alpha value is -0.790. The molecule has 1 aromatic rings. The van der Waals surface area contributed by atoms with Crippen molar-refractivity contribution in [3.8, 4) is 0 Å². The molecule has 0 heterocycles. The molecule has 0 spiro atoms. The van der Waals surface area contributed by atoms with Crippen molar-refractivity contribution in [1.29, 1.82) is 0 Å². The van der Waals surface area contributed by atoms with Crippen LogP contribution in [0.4, 0.5) is 0 Å². The van der Waals surface area contributed by atoms with Gasteiger partial charge in [0, 0.05) is 11.1 Å². The average Bonchev–Trinajstić information content (AvgIpc) is 2.15. The number of hydrogen-bond donors (Lipinski definition) is 1. The number of hydrogen-bond acceptors (Lipinski definition) is 1. The van der Waals surface area contributed by atoms with Crippen molar-refractivity contribution in [1.82, 2.24) is 0 Å². The van der Waals surface area contributed by atoms with Crippen LogP contribution in [0.1, 0.15) is 39.7 Å². The van der Waals surface area contributed by atoms with Gasteiger partial charge in [0.25, 0.3) is 0 Å². The molecule has 0 radical (unpaired) electrons. The minimum atomic E-state index is 0.0654. The molecule has 0 bridgehead atoms. The molecule has 17 heavy (non-hydrogen) atoms. The predicted octanol–water partition coefficient (Wildman–Crippen LogP) is 4.30. The van der Waals surface area contributed by atoms with E-state index in [2.05, 4.69) is 45.9 Å². The molecule has 1 aromatic carbocycles. The van der Waals surface area contributed by atoms with Crippen LogP contribution in [-0.4, -0.2) is 6.04 Å². The van der Waals surface area contributed by atoms with E-state index in [1.54, 1.807) is 0 Å².